The monoisotopic (exact) mass is 591 g/mol. The molecule has 4 rings (SSSR count). The van der Waals surface area contributed by atoms with E-state index >= 15 is 0 Å². The minimum atomic E-state index is -3.55. The van der Waals surface area contributed by atoms with Crippen LogP contribution < -0.4 is 0 Å². The fourth-order valence-electron chi connectivity index (χ4n) is 5.95. The molecular formula is C34H45N3O4S. The summed E-state index contributed by atoms with van der Waals surface area (Å²) < 4.78 is 27.9. The average molecular weight is 592 g/mol. The summed E-state index contributed by atoms with van der Waals surface area (Å²) in [5.74, 6) is 0.714. The summed E-state index contributed by atoms with van der Waals surface area (Å²) in [4.78, 5) is 16.2. The Morgan fingerprint density at radius 2 is 1.64 bits per heavy atom. The lowest BCUT2D eigenvalue weighted by atomic mass is 9.91. The Morgan fingerprint density at radius 1 is 0.976 bits per heavy atom. The van der Waals surface area contributed by atoms with E-state index in [0.717, 1.165) is 68.4 Å². The molecule has 226 valence electrons. The molecule has 0 spiro atoms. The zero-order valence-corrected chi connectivity index (χ0v) is 25.8. The van der Waals surface area contributed by atoms with E-state index in [1.807, 2.05) is 55.5 Å². The van der Waals surface area contributed by atoms with Crippen LogP contribution in [0.3, 0.4) is 0 Å². The van der Waals surface area contributed by atoms with Crippen molar-refractivity contribution in [1.29, 1.82) is 0 Å². The molecule has 1 aliphatic heterocycles. The van der Waals surface area contributed by atoms with Gasteiger partial charge in [0.05, 0.1) is 4.90 Å². The molecule has 3 aromatic rings. The molecule has 0 bridgehead atoms. The van der Waals surface area contributed by atoms with Gasteiger partial charge in [-0.25, -0.2) is 17.5 Å². The quantitative estimate of drug-likeness (QED) is 0.233. The summed E-state index contributed by atoms with van der Waals surface area (Å²) in [6.07, 6.45) is 4.17. The van der Waals surface area contributed by atoms with Gasteiger partial charge in [-0.15, -0.1) is 0 Å². The van der Waals surface area contributed by atoms with Crippen molar-refractivity contribution in [3.63, 3.8) is 0 Å². The minimum Gasteiger partial charge on any atom is -0.465 e. The molecule has 1 heterocycles. The lowest BCUT2D eigenvalue weighted by molar-refractivity contribution is 0.136. The fraction of sp³-hybridized carbons (Fsp3) is 0.441. The van der Waals surface area contributed by atoms with Gasteiger partial charge in [-0.1, -0.05) is 78.4 Å². The van der Waals surface area contributed by atoms with Crippen molar-refractivity contribution in [1.82, 2.24) is 14.1 Å². The van der Waals surface area contributed by atoms with Gasteiger partial charge in [-0.05, 0) is 93.8 Å². The Hall–Kier alpha value is -3.20. The number of hydrogen-bond donors (Lipinski definition) is 1. The van der Waals surface area contributed by atoms with Crippen LogP contribution in [0.25, 0.3) is 0 Å². The van der Waals surface area contributed by atoms with Crippen LogP contribution in [0.4, 0.5) is 4.79 Å². The lowest BCUT2D eigenvalue weighted by Gasteiger charge is -2.33. The third-order valence-corrected chi connectivity index (χ3v) is 10.3. The van der Waals surface area contributed by atoms with E-state index < -0.39 is 16.1 Å². The van der Waals surface area contributed by atoms with Crippen molar-refractivity contribution in [2.45, 2.75) is 56.4 Å². The van der Waals surface area contributed by atoms with Gasteiger partial charge in [0.25, 0.3) is 0 Å². The van der Waals surface area contributed by atoms with Crippen molar-refractivity contribution >= 4 is 16.1 Å². The second kappa shape index (κ2) is 15.3. The smallest absolute Gasteiger partial charge is 0.407 e. The number of sulfonamides is 1. The van der Waals surface area contributed by atoms with Gasteiger partial charge in [0.1, 0.15) is 0 Å². The molecule has 1 N–H and O–H groups in total. The van der Waals surface area contributed by atoms with Crippen LogP contribution >= 0.6 is 0 Å². The number of aryl methyl sites for hydroxylation is 1. The minimum absolute atomic E-state index is 0.0998. The van der Waals surface area contributed by atoms with E-state index in [0.29, 0.717) is 30.4 Å². The highest BCUT2D eigenvalue weighted by Crippen LogP contribution is 2.27. The zero-order chi connectivity index (χ0) is 30.0. The number of rotatable bonds is 14. The second-order valence-electron chi connectivity index (χ2n) is 11.6. The van der Waals surface area contributed by atoms with Gasteiger partial charge in [-0.3, -0.25) is 0 Å². The van der Waals surface area contributed by atoms with Crippen LogP contribution in [0.1, 0.15) is 54.7 Å². The number of carboxylic acid groups (broad SMARTS) is 1. The van der Waals surface area contributed by atoms with Crippen LogP contribution in [0.2, 0.25) is 0 Å². The summed E-state index contributed by atoms with van der Waals surface area (Å²) in [6.45, 7) is 6.42. The number of piperidine rings is 1. The van der Waals surface area contributed by atoms with Crippen LogP contribution in [-0.2, 0) is 16.6 Å². The van der Waals surface area contributed by atoms with Gasteiger partial charge in [-0.2, -0.15) is 0 Å². The molecule has 3 aromatic carbocycles. The first-order valence-electron chi connectivity index (χ1n) is 15.0. The summed E-state index contributed by atoms with van der Waals surface area (Å²) in [5.41, 5.74) is 3.34. The Bertz CT molecular complexity index is 1360. The maximum atomic E-state index is 13.2. The molecule has 1 saturated heterocycles. The fourth-order valence-corrected chi connectivity index (χ4v) is 7.19. The molecular weight excluding hydrogens is 546 g/mol. The predicted octanol–water partition coefficient (Wildman–Crippen LogP) is 6.46. The van der Waals surface area contributed by atoms with Crippen LogP contribution in [0.5, 0.6) is 0 Å². The SMILES string of the molecule is Cc1cccc(CN(CCCC2CCN(CCC(CN(C)S(=O)(=O)c3ccccc3)c3ccccc3)CC2)C(=O)O)c1. The van der Waals surface area contributed by atoms with Gasteiger partial charge in [0.15, 0.2) is 0 Å². The molecule has 1 amide bonds. The lowest BCUT2D eigenvalue weighted by Crippen LogP contribution is -2.37. The van der Waals surface area contributed by atoms with Crippen LogP contribution in [0, 0.1) is 12.8 Å². The molecule has 0 aromatic heterocycles. The second-order valence-corrected chi connectivity index (χ2v) is 13.7. The van der Waals surface area contributed by atoms with E-state index in [2.05, 4.69) is 17.0 Å². The first kappa shape index (κ1) is 31.7. The summed E-state index contributed by atoms with van der Waals surface area (Å²) >= 11 is 0. The Balaban J connectivity index is 1.25. The molecule has 8 heteroatoms. The third kappa shape index (κ3) is 9.15. The molecule has 1 atom stereocenters. The van der Waals surface area contributed by atoms with Crippen molar-refractivity contribution < 1.29 is 18.3 Å². The number of amides is 1. The zero-order valence-electron chi connectivity index (χ0n) is 24.9. The predicted molar refractivity (Wildman–Crippen MR) is 168 cm³/mol. The number of carbonyl (C=O) groups is 1. The molecule has 0 aliphatic carbocycles. The van der Waals surface area contributed by atoms with Crippen molar-refractivity contribution in [3.05, 3.63) is 102 Å². The number of likely N-dealkylation sites (tertiary alicyclic amines) is 1. The highest BCUT2D eigenvalue weighted by molar-refractivity contribution is 7.89. The van der Waals surface area contributed by atoms with Gasteiger partial charge in [0.2, 0.25) is 10.0 Å². The van der Waals surface area contributed by atoms with Crippen LogP contribution in [-0.4, -0.2) is 73.5 Å². The van der Waals surface area contributed by atoms with Crippen molar-refractivity contribution in [2.75, 3.05) is 39.8 Å². The molecule has 0 saturated carbocycles. The normalized spacial score (nSPS) is 15.5. The molecule has 42 heavy (non-hydrogen) atoms. The summed E-state index contributed by atoms with van der Waals surface area (Å²) in [6, 6.07) is 26.9. The van der Waals surface area contributed by atoms with Gasteiger partial charge >= 0.3 is 6.09 Å². The Labute approximate surface area is 251 Å². The van der Waals surface area contributed by atoms with E-state index in [9.17, 15) is 18.3 Å². The number of benzene rings is 3. The van der Waals surface area contributed by atoms with Crippen molar-refractivity contribution in [3.8, 4) is 0 Å². The molecule has 1 unspecified atom stereocenters. The standard InChI is InChI=1S/C34H45N3O4S/c1-28-11-9-12-30(25-28)26-37(34(38)39)21-10-13-29-18-22-36(23-19-29)24-20-32(31-14-5-3-6-15-31)27-35(2)42(40,41)33-16-7-4-8-17-33/h3-9,11-12,14-17,25,29,32H,10,13,18-24,26-27H2,1-2H3,(H,38,39). The number of nitrogens with zero attached hydrogens (tertiary/aromatic N) is 3. The van der Waals surface area contributed by atoms with E-state index in [4.69, 9.17) is 0 Å². The molecule has 1 fully saturated rings. The van der Waals surface area contributed by atoms with E-state index in [1.165, 1.54) is 9.21 Å². The molecule has 1 aliphatic rings. The van der Waals surface area contributed by atoms with E-state index in [1.54, 1.807) is 31.3 Å². The van der Waals surface area contributed by atoms with Crippen LogP contribution in [0.15, 0.2) is 89.8 Å². The topological polar surface area (TPSA) is 81.2 Å². The Kier molecular flexibility index (Phi) is 11.6. The van der Waals surface area contributed by atoms with Gasteiger partial charge in [0, 0.05) is 26.7 Å². The number of likely N-dealkylation sites (N-methyl/N-ethyl adjacent to an activating group) is 1. The molecule has 7 nitrogen and oxygen atoms in total. The summed E-state index contributed by atoms with van der Waals surface area (Å²) in [7, 11) is -1.88. The van der Waals surface area contributed by atoms with Crippen molar-refractivity contribution in [2.24, 2.45) is 5.92 Å². The molecule has 0 radical (unpaired) electrons. The largest absolute Gasteiger partial charge is 0.465 e. The highest BCUT2D eigenvalue weighted by Gasteiger charge is 2.26. The van der Waals surface area contributed by atoms with Gasteiger partial charge < -0.3 is 14.9 Å². The maximum Gasteiger partial charge on any atom is 0.407 e. The maximum absolute atomic E-state index is 13.2. The Morgan fingerprint density at radius 3 is 2.29 bits per heavy atom. The first-order chi connectivity index (χ1) is 20.2. The number of hydrogen-bond acceptors (Lipinski definition) is 4. The highest BCUT2D eigenvalue weighted by atomic mass is 32.2. The third-order valence-electron chi connectivity index (χ3n) is 8.47. The first-order valence-corrected chi connectivity index (χ1v) is 16.5. The van der Waals surface area contributed by atoms with E-state index in [-0.39, 0.29) is 5.92 Å². The summed E-state index contributed by atoms with van der Waals surface area (Å²) in [5, 5.41) is 9.70. The average Bonchev–Trinajstić information content (AvgIpc) is 3.00.